The van der Waals surface area contributed by atoms with Gasteiger partial charge in [0, 0.05) is 26.4 Å². The molecule has 0 radical (unpaired) electrons. The van der Waals surface area contributed by atoms with Crippen LogP contribution in [0.1, 0.15) is 33.1 Å². The van der Waals surface area contributed by atoms with Crippen LogP contribution in [0.15, 0.2) is 0 Å². The molecule has 0 bridgehead atoms. The fraction of sp³-hybridized carbons (Fsp3) is 1.00. The summed E-state index contributed by atoms with van der Waals surface area (Å²) in [6, 6.07) is 0. The SMILES string of the molecule is CCOC(CNCCC1CCCO1)OCC. The molecule has 16 heavy (non-hydrogen) atoms. The molecule has 0 amide bonds. The lowest BCUT2D eigenvalue weighted by molar-refractivity contribution is -0.132. The Morgan fingerprint density at radius 3 is 2.62 bits per heavy atom. The minimum absolute atomic E-state index is 0.112. The van der Waals surface area contributed by atoms with E-state index in [1.165, 1.54) is 12.8 Å². The predicted octanol–water partition coefficient (Wildman–Crippen LogP) is 1.54. The molecule has 96 valence electrons. The molecule has 1 aliphatic rings. The summed E-state index contributed by atoms with van der Waals surface area (Å²) in [7, 11) is 0. The molecule has 1 fully saturated rings. The molecule has 0 aromatic rings. The van der Waals surface area contributed by atoms with Crippen LogP contribution in [0.4, 0.5) is 0 Å². The third-order valence-electron chi connectivity index (χ3n) is 2.68. The van der Waals surface area contributed by atoms with Crippen molar-refractivity contribution in [3.63, 3.8) is 0 Å². The standard InChI is InChI=1S/C12H25NO3/c1-3-14-12(15-4-2)10-13-8-7-11-6-5-9-16-11/h11-13H,3-10H2,1-2H3. The van der Waals surface area contributed by atoms with Gasteiger partial charge in [-0.05, 0) is 39.7 Å². The van der Waals surface area contributed by atoms with Gasteiger partial charge < -0.3 is 19.5 Å². The molecule has 1 aliphatic heterocycles. The summed E-state index contributed by atoms with van der Waals surface area (Å²) in [4.78, 5) is 0. The molecule has 1 atom stereocenters. The first-order chi connectivity index (χ1) is 7.86. The average Bonchev–Trinajstić information content (AvgIpc) is 2.78. The van der Waals surface area contributed by atoms with Gasteiger partial charge in [0.2, 0.25) is 0 Å². The van der Waals surface area contributed by atoms with Crippen LogP contribution in [-0.4, -0.2) is 45.3 Å². The third-order valence-corrected chi connectivity index (χ3v) is 2.68. The van der Waals surface area contributed by atoms with E-state index >= 15 is 0 Å². The Kier molecular flexibility index (Phi) is 7.76. The Morgan fingerprint density at radius 1 is 1.31 bits per heavy atom. The van der Waals surface area contributed by atoms with Gasteiger partial charge in [-0.3, -0.25) is 0 Å². The van der Waals surface area contributed by atoms with E-state index in [0.717, 1.165) is 26.1 Å². The van der Waals surface area contributed by atoms with E-state index in [0.29, 0.717) is 19.3 Å². The second kappa shape index (κ2) is 8.93. The Bertz CT molecular complexity index is 154. The van der Waals surface area contributed by atoms with Crippen molar-refractivity contribution < 1.29 is 14.2 Å². The van der Waals surface area contributed by atoms with Crippen molar-refractivity contribution in [1.82, 2.24) is 5.32 Å². The Hall–Kier alpha value is -0.160. The molecule has 1 rings (SSSR count). The molecule has 1 heterocycles. The first-order valence-corrected chi connectivity index (χ1v) is 6.42. The quantitative estimate of drug-likeness (QED) is 0.483. The molecule has 4 nitrogen and oxygen atoms in total. The molecule has 1 N–H and O–H groups in total. The Balaban J connectivity index is 1.98. The van der Waals surface area contributed by atoms with Crippen molar-refractivity contribution in [1.29, 1.82) is 0 Å². The van der Waals surface area contributed by atoms with Gasteiger partial charge in [0.25, 0.3) is 0 Å². The molecule has 0 aliphatic carbocycles. The number of hydrogen-bond acceptors (Lipinski definition) is 4. The highest BCUT2D eigenvalue weighted by atomic mass is 16.7. The van der Waals surface area contributed by atoms with Crippen LogP contribution in [-0.2, 0) is 14.2 Å². The van der Waals surface area contributed by atoms with Crippen molar-refractivity contribution in [2.75, 3.05) is 32.9 Å². The smallest absolute Gasteiger partial charge is 0.169 e. The van der Waals surface area contributed by atoms with Gasteiger partial charge in [0.15, 0.2) is 6.29 Å². The monoisotopic (exact) mass is 231 g/mol. The van der Waals surface area contributed by atoms with Crippen LogP contribution in [0.3, 0.4) is 0 Å². The van der Waals surface area contributed by atoms with Gasteiger partial charge in [-0.1, -0.05) is 0 Å². The number of nitrogens with one attached hydrogen (secondary N) is 1. The summed E-state index contributed by atoms with van der Waals surface area (Å²) in [5.41, 5.74) is 0. The van der Waals surface area contributed by atoms with Crippen molar-refractivity contribution in [2.45, 2.75) is 45.5 Å². The summed E-state index contributed by atoms with van der Waals surface area (Å²) >= 11 is 0. The highest BCUT2D eigenvalue weighted by Gasteiger charge is 2.15. The van der Waals surface area contributed by atoms with Gasteiger partial charge in [-0.25, -0.2) is 0 Å². The summed E-state index contributed by atoms with van der Waals surface area (Å²) in [5, 5.41) is 3.35. The van der Waals surface area contributed by atoms with E-state index in [2.05, 4.69) is 5.32 Å². The maximum atomic E-state index is 5.55. The van der Waals surface area contributed by atoms with E-state index in [-0.39, 0.29) is 6.29 Å². The fourth-order valence-corrected chi connectivity index (χ4v) is 1.89. The van der Waals surface area contributed by atoms with Crippen LogP contribution in [0.25, 0.3) is 0 Å². The molecule has 1 unspecified atom stereocenters. The molecular weight excluding hydrogens is 206 g/mol. The molecule has 4 heteroatoms. The maximum absolute atomic E-state index is 5.55. The third kappa shape index (κ3) is 5.80. The number of ether oxygens (including phenoxy) is 3. The first kappa shape index (κ1) is 13.9. The zero-order chi connectivity index (χ0) is 11.6. The largest absolute Gasteiger partial charge is 0.378 e. The van der Waals surface area contributed by atoms with E-state index in [1.807, 2.05) is 13.8 Å². The van der Waals surface area contributed by atoms with Gasteiger partial charge in [-0.2, -0.15) is 0 Å². The lowest BCUT2D eigenvalue weighted by atomic mass is 10.2. The fourth-order valence-electron chi connectivity index (χ4n) is 1.89. The van der Waals surface area contributed by atoms with Gasteiger partial charge >= 0.3 is 0 Å². The molecule has 1 saturated heterocycles. The van der Waals surface area contributed by atoms with Gasteiger partial charge in [-0.15, -0.1) is 0 Å². The second-order valence-corrected chi connectivity index (χ2v) is 3.97. The highest BCUT2D eigenvalue weighted by Crippen LogP contribution is 2.14. The lowest BCUT2D eigenvalue weighted by Crippen LogP contribution is -2.33. The van der Waals surface area contributed by atoms with Crippen molar-refractivity contribution in [2.24, 2.45) is 0 Å². The highest BCUT2D eigenvalue weighted by molar-refractivity contribution is 4.66. The maximum Gasteiger partial charge on any atom is 0.169 e. The summed E-state index contributed by atoms with van der Waals surface area (Å²) in [6.07, 6.45) is 3.86. The molecule has 0 spiro atoms. The second-order valence-electron chi connectivity index (χ2n) is 3.97. The van der Waals surface area contributed by atoms with Gasteiger partial charge in [0.1, 0.15) is 0 Å². The van der Waals surface area contributed by atoms with Crippen LogP contribution in [0.5, 0.6) is 0 Å². The number of rotatable bonds is 9. The van der Waals surface area contributed by atoms with Crippen molar-refractivity contribution in [3.8, 4) is 0 Å². The zero-order valence-corrected chi connectivity index (χ0v) is 10.5. The molecule has 0 aromatic heterocycles. The molecular formula is C12H25NO3. The van der Waals surface area contributed by atoms with E-state index in [4.69, 9.17) is 14.2 Å². The average molecular weight is 231 g/mol. The first-order valence-electron chi connectivity index (χ1n) is 6.42. The Labute approximate surface area is 98.6 Å². The van der Waals surface area contributed by atoms with Crippen LogP contribution < -0.4 is 5.32 Å². The summed E-state index contributed by atoms with van der Waals surface area (Å²) in [5.74, 6) is 0. The topological polar surface area (TPSA) is 39.7 Å². The van der Waals surface area contributed by atoms with Crippen molar-refractivity contribution in [3.05, 3.63) is 0 Å². The zero-order valence-electron chi connectivity index (χ0n) is 10.5. The lowest BCUT2D eigenvalue weighted by Gasteiger charge is -2.18. The van der Waals surface area contributed by atoms with Crippen molar-refractivity contribution >= 4 is 0 Å². The number of hydrogen-bond donors (Lipinski definition) is 1. The minimum Gasteiger partial charge on any atom is -0.378 e. The molecule has 0 aromatic carbocycles. The van der Waals surface area contributed by atoms with Crippen LogP contribution >= 0.6 is 0 Å². The summed E-state index contributed by atoms with van der Waals surface area (Å²) in [6.45, 7) is 8.02. The normalized spacial score (nSPS) is 20.8. The van der Waals surface area contributed by atoms with E-state index < -0.39 is 0 Å². The van der Waals surface area contributed by atoms with E-state index in [1.54, 1.807) is 0 Å². The predicted molar refractivity (Wildman–Crippen MR) is 63.5 cm³/mol. The Morgan fingerprint density at radius 2 is 2.06 bits per heavy atom. The van der Waals surface area contributed by atoms with Gasteiger partial charge in [0.05, 0.1) is 6.10 Å². The summed E-state index contributed by atoms with van der Waals surface area (Å²) < 4.78 is 16.4. The van der Waals surface area contributed by atoms with Crippen LogP contribution in [0, 0.1) is 0 Å². The van der Waals surface area contributed by atoms with E-state index in [9.17, 15) is 0 Å². The molecule has 0 saturated carbocycles. The minimum atomic E-state index is -0.112. The van der Waals surface area contributed by atoms with Crippen LogP contribution in [0.2, 0.25) is 0 Å².